The molecule has 3 aromatic rings. The minimum Gasteiger partial charge on any atom is -0.488 e. The molecule has 1 fully saturated rings. The van der Waals surface area contributed by atoms with Crippen LogP contribution in [0.1, 0.15) is 49.8 Å². The van der Waals surface area contributed by atoms with Crippen molar-refractivity contribution in [3.8, 4) is 11.4 Å². The van der Waals surface area contributed by atoms with Crippen LogP contribution in [0, 0.1) is 5.82 Å². The Hall–Kier alpha value is -3.13. The summed E-state index contributed by atoms with van der Waals surface area (Å²) in [6, 6.07) is 7.75. The van der Waals surface area contributed by atoms with Crippen LogP contribution >= 0.6 is 0 Å². The number of amides is 1. The van der Waals surface area contributed by atoms with Gasteiger partial charge in [-0.15, -0.1) is 0 Å². The number of halogens is 1. The number of aryl methyl sites for hydroxylation is 2. The number of aromatic nitrogens is 2. The van der Waals surface area contributed by atoms with E-state index >= 15 is 0 Å². The molecule has 1 amide bonds. The summed E-state index contributed by atoms with van der Waals surface area (Å²) < 4.78 is 22.9. The predicted octanol–water partition coefficient (Wildman–Crippen LogP) is 3.64. The van der Waals surface area contributed by atoms with E-state index in [1.807, 2.05) is 26.8 Å². The van der Waals surface area contributed by atoms with Gasteiger partial charge in [-0.1, -0.05) is 6.92 Å². The van der Waals surface area contributed by atoms with Gasteiger partial charge in [0.1, 0.15) is 11.2 Å². The number of carbonyl (C=O) groups excluding carboxylic acids is 1. The highest BCUT2D eigenvalue weighted by Crippen LogP contribution is 2.32. The van der Waals surface area contributed by atoms with Gasteiger partial charge in [0.15, 0.2) is 11.4 Å². The molecule has 0 bridgehead atoms. The summed E-state index contributed by atoms with van der Waals surface area (Å²) in [7, 11) is 1.78. The van der Waals surface area contributed by atoms with E-state index in [1.54, 1.807) is 28.3 Å². The molecule has 1 N–H and O–H groups in total. The van der Waals surface area contributed by atoms with Gasteiger partial charge in [-0.25, -0.2) is 4.39 Å². The van der Waals surface area contributed by atoms with Gasteiger partial charge in [-0.05, 0) is 76.5 Å². The molecule has 0 spiro atoms. The van der Waals surface area contributed by atoms with E-state index < -0.39 is 0 Å². The number of pyridine rings is 1. The second-order valence-electron chi connectivity index (χ2n) is 9.07. The number of nitrogens with zero attached hydrogens (tertiary/aromatic N) is 3. The average Bonchev–Trinajstić information content (AvgIpc) is 3.40. The fourth-order valence-electron chi connectivity index (χ4n) is 4.67. The van der Waals surface area contributed by atoms with Gasteiger partial charge in [0.25, 0.3) is 11.5 Å². The number of hydrogen-bond acceptors (Lipinski definition) is 4. The number of rotatable bonds is 8. The van der Waals surface area contributed by atoms with Crippen LogP contribution < -0.4 is 15.6 Å². The van der Waals surface area contributed by atoms with Crippen LogP contribution in [0.2, 0.25) is 0 Å². The van der Waals surface area contributed by atoms with Crippen LogP contribution in [0.3, 0.4) is 0 Å². The third-order valence-electron chi connectivity index (χ3n) is 6.33. The largest absolute Gasteiger partial charge is 0.488 e. The maximum atomic E-state index is 13.8. The Morgan fingerprint density at radius 1 is 1.18 bits per heavy atom. The summed E-state index contributed by atoms with van der Waals surface area (Å²) in [6.45, 7) is 9.15. The van der Waals surface area contributed by atoms with Crippen molar-refractivity contribution in [3.63, 3.8) is 0 Å². The fraction of sp³-hybridized carbons (Fsp3) is 0.462. The molecule has 0 radical (unpaired) electrons. The smallest absolute Gasteiger partial charge is 0.271 e. The first-order valence-electron chi connectivity index (χ1n) is 12.0. The lowest BCUT2D eigenvalue weighted by atomic mass is 10.2. The van der Waals surface area contributed by atoms with Crippen molar-refractivity contribution in [1.29, 1.82) is 0 Å². The number of benzene rings is 1. The topological polar surface area (TPSA) is 68.5 Å². The fourth-order valence-corrected chi connectivity index (χ4v) is 4.67. The SMILES string of the molecule is CCc1cc2c(c(OC(C)C)c(C(=O)NCCN3CCCC3)n2C)c(=O)n1-c1ccc(F)cc1. The molecule has 34 heavy (non-hydrogen) atoms. The van der Waals surface area contributed by atoms with E-state index in [0.717, 1.165) is 25.3 Å². The monoisotopic (exact) mass is 468 g/mol. The van der Waals surface area contributed by atoms with Crippen LogP contribution in [0.5, 0.6) is 5.75 Å². The van der Waals surface area contributed by atoms with Crippen molar-refractivity contribution in [2.75, 3.05) is 26.2 Å². The highest BCUT2D eigenvalue weighted by atomic mass is 19.1. The first-order valence-corrected chi connectivity index (χ1v) is 12.0. The molecule has 0 saturated carbocycles. The van der Waals surface area contributed by atoms with Crippen LogP contribution in [0.25, 0.3) is 16.6 Å². The lowest BCUT2D eigenvalue weighted by Gasteiger charge is -2.16. The van der Waals surface area contributed by atoms with Crippen molar-refractivity contribution >= 4 is 16.8 Å². The van der Waals surface area contributed by atoms with Crippen molar-refractivity contribution in [2.45, 2.75) is 46.1 Å². The van der Waals surface area contributed by atoms with Crippen LogP contribution in [-0.2, 0) is 13.5 Å². The molecule has 1 saturated heterocycles. The molecular weight excluding hydrogens is 435 g/mol. The Morgan fingerprint density at radius 2 is 1.85 bits per heavy atom. The lowest BCUT2D eigenvalue weighted by molar-refractivity contribution is 0.0936. The van der Waals surface area contributed by atoms with Gasteiger partial charge >= 0.3 is 0 Å². The van der Waals surface area contributed by atoms with Crippen molar-refractivity contribution < 1.29 is 13.9 Å². The maximum absolute atomic E-state index is 13.8. The third kappa shape index (κ3) is 4.59. The first-order chi connectivity index (χ1) is 16.3. The zero-order valence-corrected chi connectivity index (χ0v) is 20.4. The number of nitrogens with one attached hydrogen (secondary N) is 1. The Morgan fingerprint density at radius 3 is 2.47 bits per heavy atom. The molecule has 2 aromatic heterocycles. The van der Waals surface area contributed by atoms with Gasteiger partial charge in [-0.3, -0.25) is 14.2 Å². The zero-order valence-electron chi connectivity index (χ0n) is 20.4. The molecule has 4 rings (SSSR count). The number of hydrogen-bond donors (Lipinski definition) is 1. The van der Waals surface area contributed by atoms with Crippen LogP contribution in [0.4, 0.5) is 4.39 Å². The summed E-state index contributed by atoms with van der Waals surface area (Å²) in [5.74, 6) is -0.346. The Kier molecular flexibility index (Phi) is 7.07. The molecule has 0 atom stereocenters. The van der Waals surface area contributed by atoms with Gasteiger partial charge in [0.05, 0.1) is 11.6 Å². The highest BCUT2D eigenvalue weighted by Gasteiger charge is 2.27. The van der Waals surface area contributed by atoms with E-state index in [-0.39, 0.29) is 29.1 Å². The number of ether oxygens (including phenoxy) is 1. The first kappa shape index (κ1) is 24.0. The van der Waals surface area contributed by atoms with Gasteiger partial charge in [-0.2, -0.15) is 0 Å². The van der Waals surface area contributed by atoms with E-state index in [1.165, 1.54) is 25.0 Å². The van der Waals surface area contributed by atoms with Crippen LogP contribution in [-0.4, -0.2) is 52.2 Å². The van der Waals surface area contributed by atoms with Crippen molar-refractivity contribution in [1.82, 2.24) is 19.4 Å². The number of carbonyl (C=O) groups is 1. The minimum atomic E-state index is -0.368. The van der Waals surface area contributed by atoms with E-state index in [9.17, 15) is 14.0 Å². The third-order valence-corrected chi connectivity index (χ3v) is 6.33. The second kappa shape index (κ2) is 10.0. The lowest BCUT2D eigenvalue weighted by Crippen LogP contribution is -2.34. The van der Waals surface area contributed by atoms with E-state index in [2.05, 4.69) is 10.2 Å². The van der Waals surface area contributed by atoms with Crippen LogP contribution in [0.15, 0.2) is 35.1 Å². The van der Waals surface area contributed by atoms with Gasteiger partial charge in [0.2, 0.25) is 0 Å². The summed E-state index contributed by atoms with van der Waals surface area (Å²) in [5, 5.41) is 3.36. The second-order valence-corrected chi connectivity index (χ2v) is 9.07. The molecule has 7 nitrogen and oxygen atoms in total. The molecule has 1 aliphatic rings. The predicted molar refractivity (Wildman–Crippen MR) is 132 cm³/mol. The molecule has 1 aliphatic heterocycles. The molecule has 0 unspecified atom stereocenters. The molecule has 0 aliphatic carbocycles. The number of fused-ring (bicyclic) bond motifs is 1. The summed E-state index contributed by atoms with van der Waals surface area (Å²) in [4.78, 5) is 29.4. The summed E-state index contributed by atoms with van der Waals surface area (Å²) >= 11 is 0. The zero-order chi connectivity index (χ0) is 24.4. The van der Waals surface area contributed by atoms with Gasteiger partial charge in [0, 0.05) is 31.5 Å². The standard InChI is InChI=1S/C26H33FN4O3/c1-5-19-16-21-22(26(33)31(19)20-10-8-18(27)9-11-20)24(34-17(2)3)23(29(21)4)25(32)28-12-15-30-13-6-7-14-30/h8-11,16-17H,5-7,12-15H2,1-4H3,(H,28,32). The Balaban J connectivity index is 1.81. The number of likely N-dealkylation sites (tertiary alicyclic amines) is 1. The minimum absolute atomic E-state index is 0.230. The molecule has 3 heterocycles. The Labute approximate surface area is 199 Å². The summed E-state index contributed by atoms with van der Waals surface area (Å²) in [5.41, 5.74) is 2.02. The average molecular weight is 469 g/mol. The Bertz CT molecular complexity index is 1240. The van der Waals surface area contributed by atoms with Crippen molar-refractivity contribution in [2.24, 2.45) is 7.05 Å². The highest BCUT2D eigenvalue weighted by molar-refractivity contribution is 6.04. The molecular formula is C26H33FN4O3. The molecule has 8 heteroatoms. The van der Waals surface area contributed by atoms with Crippen molar-refractivity contribution in [3.05, 3.63) is 57.9 Å². The normalized spacial score (nSPS) is 14.3. The van der Waals surface area contributed by atoms with E-state index in [0.29, 0.717) is 35.2 Å². The quantitative estimate of drug-likeness (QED) is 0.548. The van der Waals surface area contributed by atoms with Gasteiger partial charge < -0.3 is 19.5 Å². The van der Waals surface area contributed by atoms with E-state index in [4.69, 9.17) is 4.74 Å². The maximum Gasteiger partial charge on any atom is 0.271 e. The molecule has 182 valence electrons. The summed E-state index contributed by atoms with van der Waals surface area (Å²) in [6.07, 6.45) is 2.75. The molecule has 1 aromatic carbocycles.